The van der Waals surface area contributed by atoms with Gasteiger partial charge in [0, 0.05) is 31.3 Å². The number of alkyl halides is 3. The average molecular weight is 489 g/mol. The van der Waals surface area contributed by atoms with Crippen LogP contribution in [-0.4, -0.2) is 37.1 Å². The Labute approximate surface area is 195 Å². The van der Waals surface area contributed by atoms with E-state index in [0.717, 1.165) is 4.68 Å². The van der Waals surface area contributed by atoms with Crippen molar-refractivity contribution in [3.63, 3.8) is 0 Å². The fraction of sp³-hybridized carbons (Fsp3) is 0.190. The van der Waals surface area contributed by atoms with Gasteiger partial charge in [-0.2, -0.15) is 23.5 Å². The lowest BCUT2D eigenvalue weighted by Gasteiger charge is -2.10. The lowest BCUT2D eigenvalue weighted by atomic mass is 10.2. The largest absolute Gasteiger partial charge is 0.435 e. The third kappa shape index (κ3) is 4.38. The van der Waals surface area contributed by atoms with Gasteiger partial charge in [0.15, 0.2) is 17.2 Å². The molecule has 174 valence electrons. The van der Waals surface area contributed by atoms with Crippen LogP contribution in [0.25, 0.3) is 16.9 Å². The lowest BCUT2D eigenvalue weighted by Crippen LogP contribution is -2.18. The molecule has 3 aromatic heterocycles. The van der Waals surface area contributed by atoms with Crippen molar-refractivity contribution in [3.8, 4) is 17.3 Å². The summed E-state index contributed by atoms with van der Waals surface area (Å²) in [6.45, 7) is 0.0253. The molecule has 1 aromatic carbocycles. The second-order valence-electron chi connectivity index (χ2n) is 7.07. The average Bonchev–Trinajstić information content (AvgIpc) is 3.42. The second-order valence-corrected chi connectivity index (χ2v) is 7.48. The topological polar surface area (TPSA) is 113 Å². The van der Waals surface area contributed by atoms with Crippen LogP contribution >= 0.6 is 11.6 Å². The van der Waals surface area contributed by atoms with Crippen LogP contribution in [0.2, 0.25) is 5.02 Å². The quantitative estimate of drug-likeness (QED) is 0.419. The van der Waals surface area contributed by atoms with Crippen LogP contribution in [0.5, 0.6) is 0 Å². The highest BCUT2D eigenvalue weighted by atomic mass is 35.5. The number of fused-ring (bicyclic) bond motifs is 1. The molecule has 0 aliphatic rings. The van der Waals surface area contributed by atoms with Crippen molar-refractivity contribution in [2.45, 2.75) is 19.1 Å². The van der Waals surface area contributed by atoms with Crippen molar-refractivity contribution in [2.24, 2.45) is 0 Å². The zero-order valence-corrected chi connectivity index (χ0v) is 18.3. The first-order valence-corrected chi connectivity index (χ1v) is 10.2. The predicted octanol–water partition coefficient (Wildman–Crippen LogP) is 4.28. The standard InChI is InChI=1S/C21H16ClF3N8O/c1-27-20(34)13-4-3-12(9-15(13)22)30-18-19-29-10-16(33(19)8-6-28-18)14-11-32(7-2-5-26)31-17(14)21(23,24)25/h3-4,6,8-11H,2,7H2,1H3,(H,27,34)(H,28,30). The molecule has 4 rings (SSSR count). The van der Waals surface area contributed by atoms with Gasteiger partial charge in [-0.05, 0) is 18.2 Å². The molecule has 2 N–H and O–H groups in total. The number of aromatic nitrogens is 5. The van der Waals surface area contributed by atoms with Gasteiger partial charge in [-0.25, -0.2) is 9.97 Å². The Morgan fingerprint density at radius 2 is 2.09 bits per heavy atom. The van der Waals surface area contributed by atoms with Gasteiger partial charge in [0.25, 0.3) is 5.91 Å². The summed E-state index contributed by atoms with van der Waals surface area (Å²) < 4.78 is 43.5. The summed E-state index contributed by atoms with van der Waals surface area (Å²) in [6.07, 6.45) is 0.754. The Balaban J connectivity index is 1.74. The molecule has 0 atom stereocenters. The van der Waals surface area contributed by atoms with E-state index in [1.807, 2.05) is 6.07 Å². The maximum absolute atomic E-state index is 13.7. The molecule has 9 nitrogen and oxygen atoms in total. The zero-order valence-electron chi connectivity index (χ0n) is 17.6. The molecular formula is C21H16ClF3N8O. The van der Waals surface area contributed by atoms with E-state index in [2.05, 4.69) is 25.7 Å². The SMILES string of the molecule is CNC(=O)c1ccc(Nc2nccn3c(-c4cn(CCC#N)nc4C(F)(F)F)cnc23)cc1Cl. The third-order valence-electron chi connectivity index (χ3n) is 4.89. The Bertz CT molecular complexity index is 1420. The number of hydrogen-bond donors (Lipinski definition) is 2. The summed E-state index contributed by atoms with van der Waals surface area (Å²) in [5.74, 6) is -0.0756. The van der Waals surface area contributed by atoms with Crippen LogP contribution in [-0.2, 0) is 12.7 Å². The predicted molar refractivity (Wildman–Crippen MR) is 118 cm³/mol. The number of imidazole rings is 1. The molecule has 0 aliphatic carbocycles. The third-order valence-corrected chi connectivity index (χ3v) is 5.20. The fourth-order valence-corrected chi connectivity index (χ4v) is 3.62. The Morgan fingerprint density at radius 3 is 2.76 bits per heavy atom. The molecule has 0 saturated heterocycles. The van der Waals surface area contributed by atoms with Gasteiger partial charge in [0.1, 0.15) is 0 Å². The highest BCUT2D eigenvalue weighted by molar-refractivity contribution is 6.34. The maximum Gasteiger partial charge on any atom is 0.435 e. The van der Waals surface area contributed by atoms with Gasteiger partial charge in [0.2, 0.25) is 0 Å². The highest BCUT2D eigenvalue weighted by Gasteiger charge is 2.38. The van der Waals surface area contributed by atoms with E-state index >= 15 is 0 Å². The van der Waals surface area contributed by atoms with Gasteiger partial charge in [-0.15, -0.1) is 0 Å². The number of benzene rings is 1. The minimum atomic E-state index is -4.70. The number of nitrogens with one attached hydrogen (secondary N) is 2. The summed E-state index contributed by atoms with van der Waals surface area (Å²) in [6, 6.07) is 6.57. The molecule has 0 bridgehead atoms. The zero-order chi connectivity index (χ0) is 24.5. The summed E-state index contributed by atoms with van der Waals surface area (Å²) in [5.41, 5.74) is -0.0331. The van der Waals surface area contributed by atoms with E-state index in [1.54, 1.807) is 6.07 Å². The molecule has 0 saturated carbocycles. The van der Waals surface area contributed by atoms with Gasteiger partial charge in [0.05, 0.1) is 47.1 Å². The van der Waals surface area contributed by atoms with Crippen LogP contribution in [0.1, 0.15) is 22.5 Å². The molecule has 4 aromatic rings. The first-order chi connectivity index (χ1) is 16.2. The van der Waals surface area contributed by atoms with Gasteiger partial charge in [-0.3, -0.25) is 13.9 Å². The van der Waals surface area contributed by atoms with E-state index in [-0.39, 0.29) is 52.2 Å². The number of halogens is 4. The van der Waals surface area contributed by atoms with E-state index in [1.165, 1.54) is 48.4 Å². The van der Waals surface area contributed by atoms with Crippen LogP contribution in [0, 0.1) is 11.3 Å². The molecule has 13 heteroatoms. The number of nitriles is 1. The number of carbonyl (C=O) groups is 1. The normalized spacial score (nSPS) is 11.4. The number of nitrogens with zero attached hydrogens (tertiary/aromatic N) is 6. The Morgan fingerprint density at radius 1 is 1.29 bits per heavy atom. The monoisotopic (exact) mass is 488 g/mol. The van der Waals surface area contributed by atoms with Crippen LogP contribution in [0.3, 0.4) is 0 Å². The van der Waals surface area contributed by atoms with E-state index in [9.17, 15) is 18.0 Å². The molecule has 34 heavy (non-hydrogen) atoms. The molecule has 0 radical (unpaired) electrons. The Hall–Kier alpha value is -4.11. The van der Waals surface area contributed by atoms with Crippen LogP contribution < -0.4 is 10.6 Å². The van der Waals surface area contributed by atoms with E-state index in [4.69, 9.17) is 16.9 Å². The number of carbonyl (C=O) groups excluding carboxylic acids is 1. The van der Waals surface area contributed by atoms with Gasteiger partial charge in [-0.1, -0.05) is 11.6 Å². The number of aryl methyl sites for hydroxylation is 1. The van der Waals surface area contributed by atoms with Crippen molar-refractivity contribution in [1.29, 1.82) is 5.26 Å². The summed E-state index contributed by atoms with van der Waals surface area (Å²) >= 11 is 6.19. The van der Waals surface area contributed by atoms with E-state index in [0.29, 0.717) is 5.69 Å². The summed E-state index contributed by atoms with van der Waals surface area (Å²) in [7, 11) is 1.49. The van der Waals surface area contributed by atoms with Crippen molar-refractivity contribution in [2.75, 3.05) is 12.4 Å². The fourth-order valence-electron chi connectivity index (χ4n) is 3.35. The first kappa shape index (κ1) is 23.1. The number of amides is 1. The van der Waals surface area contributed by atoms with Gasteiger partial charge < -0.3 is 10.6 Å². The molecule has 3 heterocycles. The summed E-state index contributed by atoms with van der Waals surface area (Å²) in [4.78, 5) is 20.3. The lowest BCUT2D eigenvalue weighted by molar-refractivity contribution is -0.141. The molecule has 0 unspecified atom stereocenters. The molecule has 0 spiro atoms. The maximum atomic E-state index is 13.7. The molecular weight excluding hydrogens is 473 g/mol. The second kappa shape index (κ2) is 9.03. The highest BCUT2D eigenvalue weighted by Crippen LogP contribution is 2.37. The number of rotatable bonds is 6. The van der Waals surface area contributed by atoms with Crippen molar-refractivity contribution in [1.82, 2.24) is 29.5 Å². The number of hydrogen-bond acceptors (Lipinski definition) is 6. The molecule has 1 amide bonds. The first-order valence-electron chi connectivity index (χ1n) is 9.85. The minimum Gasteiger partial charge on any atom is -0.355 e. The van der Waals surface area contributed by atoms with Crippen molar-refractivity contribution >= 4 is 34.7 Å². The number of anilines is 2. The smallest absolute Gasteiger partial charge is 0.355 e. The minimum absolute atomic E-state index is 0.0187. The molecule has 0 fully saturated rings. The summed E-state index contributed by atoms with van der Waals surface area (Å²) in [5, 5.41) is 18.1. The van der Waals surface area contributed by atoms with Crippen LogP contribution in [0.4, 0.5) is 24.7 Å². The van der Waals surface area contributed by atoms with E-state index < -0.39 is 11.9 Å². The van der Waals surface area contributed by atoms with Crippen LogP contribution in [0.15, 0.2) is 43.0 Å². The van der Waals surface area contributed by atoms with Crippen molar-refractivity contribution in [3.05, 3.63) is 59.3 Å². The molecule has 0 aliphatic heterocycles. The Kier molecular flexibility index (Phi) is 6.12. The van der Waals surface area contributed by atoms with Crippen molar-refractivity contribution < 1.29 is 18.0 Å². The van der Waals surface area contributed by atoms with Gasteiger partial charge >= 0.3 is 6.18 Å².